The molecule has 0 saturated heterocycles. The van der Waals surface area contributed by atoms with Crippen molar-refractivity contribution in [1.29, 1.82) is 0 Å². The third kappa shape index (κ3) is 6.89. The van der Waals surface area contributed by atoms with Crippen molar-refractivity contribution in [3.05, 3.63) is 112 Å². The first-order valence-corrected chi connectivity index (χ1v) is 19.1. The molecule has 2 amide bonds. The van der Waals surface area contributed by atoms with E-state index in [0.717, 1.165) is 38.3 Å². The lowest BCUT2D eigenvalue weighted by molar-refractivity contribution is -0.126. The van der Waals surface area contributed by atoms with Gasteiger partial charge < -0.3 is 20.2 Å². The number of aromatic nitrogens is 3. The number of nitrogens with zero attached hydrogens (tertiary/aromatic N) is 4. The van der Waals surface area contributed by atoms with Crippen molar-refractivity contribution in [2.24, 2.45) is 4.99 Å². The van der Waals surface area contributed by atoms with Crippen LogP contribution in [0.25, 0.3) is 16.5 Å². The van der Waals surface area contributed by atoms with Crippen LogP contribution in [-0.4, -0.2) is 65.6 Å². The smallest absolute Gasteiger partial charge is 0.239 e. The van der Waals surface area contributed by atoms with Gasteiger partial charge in [0.1, 0.15) is 17.6 Å². The summed E-state index contributed by atoms with van der Waals surface area (Å²) in [6, 6.07) is 24.4. The number of rotatable bonds is 10. The largest absolute Gasteiger partial charge is 0.497 e. The molecule has 0 aliphatic carbocycles. The monoisotopic (exact) mass is 680 g/mol. The number of carbonyl (C=O) groups excluding carboxylic acids is 2. The SMILES string of the molecule is COc1ccc2c(c1)C(c1ccc(Cl)cc1)=NC(CC(=O)NCC(=O)NCCc1cccc3c([Si](C)(C)O)cccc13)c1nnc(C)n1-2. The second-order valence-electron chi connectivity index (χ2n) is 12.3. The molecule has 1 aliphatic heterocycles. The van der Waals surface area contributed by atoms with Gasteiger partial charge in [0.25, 0.3) is 0 Å². The van der Waals surface area contributed by atoms with Gasteiger partial charge in [-0.2, -0.15) is 0 Å². The third-order valence-electron chi connectivity index (χ3n) is 8.46. The molecular weight excluding hydrogens is 644 g/mol. The van der Waals surface area contributed by atoms with Crippen molar-refractivity contribution >= 4 is 53.4 Å². The number of carbonyl (C=O) groups is 2. The molecule has 1 atom stereocenters. The highest BCUT2D eigenvalue weighted by Gasteiger charge is 2.30. The van der Waals surface area contributed by atoms with Crippen LogP contribution < -0.4 is 20.6 Å². The second kappa shape index (κ2) is 13.7. The van der Waals surface area contributed by atoms with Crippen molar-refractivity contribution in [2.75, 3.05) is 20.2 Å². The first kappa shape index (κ1) is 33.1. The normalized spacial score (nSPS) is 14.0. The number of aryl methyl sites for hydroxylation is 1. The van der Waals surface area contributed by atoms with Crippen LogP contribution in [0.1, 0.15) is 40.8 Å². The lowest BCUT2D eigenvalue weighted by atomic mass is 10.00. The molecule has 6 rings (SSSR count). The Bertz CT molecular complexity index is 2040. The average molecular weight is 681 g/mol. The van der Waals surface area contributed by atoms with Gasteiger partial charge in [0.15, 0.2) is 5.82 Å². The Hall–Kier alpha value is -4.84. The van der Waals surface area contributed by atoms with E-state index in [1.807, 2.05) is 91.3 Å². The summed E-state index contributed by atoms with van der Waals surface area (Å²) < 4.78 is 7.44. The number of aliphatic imine (C=N–C) groups is 1. The molecule has 246 valence electrons. The zero-order valence-corrected chi connectivity index (χ0v) is 29.0. The maximum absolute atomic E-state index is 13.3. The van der Waals surface area contributed by atoms with Gasteiger partial charge in [-0.25, -0.2) is 0 Å². The number of hydrogen-bond acceptors (Lipinski definition) is 7. The Kier molecular flexibility index (Phi) is 9.45. The molecular formula is C36H37ClN6O4Si. The molecule has 0 fully saturated rings. The highest BCUT2D eigenvalue weighted by atomic mass is 35.5. The number of hydrogen-bond donors (Lipinski definition) is 3. The van der Waals surface area contributed by atoms with Crippen molar-refractivity contribution < 1.29 is 19.1 Å². The molecule has 0 bridgehead atoms. The Morgan fingerprint density at radius 3 is 2.46 bits per heavy atom. The summed E-state index contributed by atoms with van der Waals surface area (Å²) in [4.78, 5) is 41.9. The third-order valence-corrected chi connectivity index (χ3v) is 10.5. The molecule has 0 spiro atoms. The fourth-order valence-electron chi connectivity index (χ4n) is 6.13. The summed E-state index contributed by atoms with van der Waals surface area (Å²) in [5.74, 6) is 1.19. The molecule has 10 nitrogen and oxygen atoms in total. The highest BCUT2D eigenvalue weighted by Crippen LogP contribution is 2.34. The maximum Gasteiger partial charge on any atom is 0.239 e. The molecule has 0 radical (unpaired) electrons. The Morgan fingerprint density at radius 1 is 0.958 bits per heavy atom. The number of halogens is 1. The van der Waals surface area contributed by atoms with Gasteiger partial charge in [0.2, 0.25) is 20.1 Å². The zero-order chi connectivity index (χ0) is 34.0. The maximum atomic E-state index is 13.3. The van der Waals surface area contributed by atoms with E-state index >= 15 is 0 Å². The molecule has 5 aromatic rings. The van der Waals surface area contributed by atoms with Gasteiger partial charge in [-0.3, -0.25) is 19.1 Å². The Morgan fingerprint density at radius 2 is 1.71 bits per heavy atom. The molecule has 1 unspecified atom stereocenters. The van der Waals surface area contributed by atoms with Crippen LogP contribution in [0.15, 0.2) is 83.9 Å². The number of ether oxygens (including phenoxy) is 1. The van der Waals surface area contributed by atoms with Crippen molar-refractivity contribution in [3.63, 3.8) is 0 Å². The molecule has 0 saturated carbocycles. The molecule has 1 aromatic heterocycles. The second-order valence-corrected chi connectivity index (χ2v) is 16.4. The number of methoxy groups -OCH3 is 1. The lowest BCUT2D eigenvalue weighted by Gasteiger charge is -2.18. The van der Waals surface area contributed by atoms with Crippen molar-refractivity contribution in [3.8, 4) is 11.4 Å². The van der Waals surface area contributed by atoms with E-state index in [4.69, 9.17) is 21.3 Å². The highest BCUT2D eigenvalue weighted by molar-refractivity contribution is 6.85. The molecule has 1 aliphatic rings. The number of amides is 2. The summed E-state index contributed by atoms with van der Waals surface area (Å²) >= 11 is 6.20. The molecule has 2 heterocycles. The van der Waals surface area contributed by atoms with Crippen molar-refractivity contribution in [1.82, 2.24) is 25.4 Å². The molecule has 3 N–H and O–H groups in total. The number of nitrogens with one attached hydrogen (secondary N) is 2. The number of benzene rings is 4. The van der Waals surface area contributed by atoms with Gasteiger partial charge in [0, 0.05) is 22.7 Å². The fourth-order valence-corrected chi connectivity index (χ4v) is 7.64. The van der Waals surface area contributed by atoms with Crippen LogP contribution in [0.5, 0.6) is 5.75 Å². The van der Waals surface area contributed by atoms with E-state index in [2.05, 4.69) is 20.8 Å². The van der Waals surface area contributed by atoms with Crippen LogP contribution in [0.2, 0.25) is 18.1 Å². The van der Waals surface area contributed by atoms with E-state index in [-0.39, 0.29) is 24.8 Å². The van der Waals surface area contributed by atoms with Crippen LogP contribution in [0, 0.1) is 6.92 Å². The van der Waals surface area contributed by atoms with Gasteiger partial charge in [-0.05, 0) is 78.3 Å². The number of fused-ring (bicyclic) bond motifs is 4. The lowest BCUT2D eigenvalue weighted by Crippen LogP contribution is -2.41. The van der Waals surface area contributed by atoms with Gasteiger partial charge in [0.05, 0.1) is 31.5 Å². The zero-order valence-electron chi connectivity index (χ0n) is 27.3. The van der Waals surface area contributed by atoms with Crippen molar-refractivity contribution in [2.45, 2.75) is 38.9 Å². The van der Waals surface area contributed by atoms with E-state index in [9.17, 15) is 14.4 Å². The van der Waals surface area contributed by atoms with Crippen LogP contribution in [0.4, 0.5) is 0 Å². The first-order chi connectivity index (χ1) is 23.0. The summed E-state index contributed by atoms with van der Waals surface area (Å²) in [5, 5.41) is 18.1. The standard InChI is InChI=1S/C36H37ClN6O4Si/c1-22-41-42-36-30(40-35(24-11-13-25(37)14-12-24)29-19-26(47-2)15-16-31(29)43(22)36)20-33(44)39-21-34(45)38-18-17-23-7-5-9-28-27(23)8-6-10-32(28)48(3,4)46/h5-16,19,30,46H,17-18,20-21H2,1-4H3,(H,38,45)(H,39,44). The molecule has 48 heavy (non-hydrogen) atoms. The van der Waals surface area contributed by atoms with Gasteiger partial charge in [-0.15, -0.1) is 10.2 Å². The van der Waals surface area contributed by atoms with E-state index in [1.54, 1.807) is 19.2 Å². The van der Waals surface area contributed by atoms with Gasteiger partial charge >= 0.3 is 0 Å². The molecule has 4 aromatic carbocycles. The summed E-state index contributed by atoms with van der Waals surface area (Å²) in [5.41, 5.74) is 4.17. The molecule has 12 heteroatoms. The van der Waals surface area contributed by atoms with Gasteiger partial charge in [-0.1, -0.05) is 60.1 Å². The summed E-state index contributed by atoms with van der Waals surface area (Å²) in [6.45, 7) is 5.90. The topological polar surface area (TPSA) is 131 Å². The van der Waals surface area contributed by atoms with Crippen LogP contribution >= 0.6 is 11.6 Å². The quantitative estimate of drug-likeness (QED) is 0.186. The minimum Gasteiger partial charge on any atom is -0.497 e. The van der Waals surface area contributed by atoms with Crippen LogP contribution in [-0.2, 0) is 16.0 Å². The van der Waals surface area contributed by atoms with E-state index < -0.39 is 14.4 Å². The minimum atomic E-state index is -2.51. The fraction of sp³-hybridized carbons (Fsp3) is 0.250. The van der Waals surface area contributed by atoms with Crippen LogP contribution in [0.3, 0.4) is 0 Å². The predicted octanol–water partition coefficient (Wildman–Crippen LogP) is 4.55. The van der Waals surface area contributed by atoms with E-state index in [1.165, 1.54) is 0 Å². The van der Waals surface area contributed by atoms with E-state index in [0.29, 0.717) is 41.1 Å². The Balaban J connectivity index is 1.15. The summed E-state index contributed by atoms with van der Waals surface area (Å²) in [7, 11) is -0.903. The average Bonchev–Trinajstić information content (AvgIpc) is 3.39. The first-order valence-electron chi connectivity index (χ1n) is 15.7. The summed E-state index contributed by atoms with van der Waals surface area (Å²) in [6.07, 6.45) is 0.564. The Labute approximate surface area is 285 Å². The minimum absolute atomic E-state index is 0.0452. The predicted molar refractivity (Wildman–Crippen MR) is 190 cm³/mol.